The van der Waals surface area contributed by atoms with Gasteiger partial charge in [-0.3, -0.25) is 0 Å². The molecule has 0 unspecified atom stereocenters. The highest BCUT2D eigenvalue weighted by Gasteiger charge is 2.17. The van der Waals surface area contributed by atoms with E-state index in [2.05, 4.69) is 268 Å². The van der Waals surface area contributed by atoms with Gasteiger partial charge in [-0.15, -0.1) is 0 Å². The first kappa shape index (κ1) is 61.1. The smallest absolute Gasteiger partial charge is 0.164 e. The van der Waals surface area contributed by atoms with Crippen LogP contribution in [-0.4, -0.2) is 39.5 Å². The van der Waals surface area contributed by atoms with Crippen LogP contribution in [0.2, 0.25) is 0 Å². The fourth-order valence-corrected chi connectivity index (χ4v) is 13.0. The molecule has 0 fully saturated rings. The van der Waals surface area contributed by atoms with E-state index in [1.807, 2.05) is 121 Å². The Morgan fingerprint density at radius 1 is 0.202 bits per heavy atom. The lowest BCUT2D eigenvalue weighted by Gasteiger charge is -2.11. The third kappa shape index (κ3) is 13.2. The molecule has 0 atom stereocenters. The Hall–Kier alpha value is -12.8. The van der Waals surface area contributed by atoms with Crippen molar-refractivity contribution in [1.82, 2.24) is 39.5 Å². The number of benzene rings is 14. The van der Waals surface area contributed by atoms with E-state index in [0.29, 0.717) is 34.9 Å². The fraction of sp³-hybridized carbons (Fsp3) is 0. The molecule has 0 radical (unpaired) electrons. The van der Waals surface area contributed by atoms with Crippen LogP contribution in [0.4, 0.5) is 0 Å². The van der Waals surface area contributed by atoms with Gasteiger partial charge in [-0.05, 0) is 105 Å². The molecular weight excluding hydrogens is 1270 g/mol. The van der Waals surface area contributed by atoms with E-state index in [0.717, 1.165) is 65.8 Å². The molecule has 4 heterocycles. The Balaban J connectivity index is 0.000000134. The number of rotatable bonds is 11. The monoisotopic (exact) mass is 1330 g/mol. The molecule has 0 saturated carbocycles. The molecule has 1 N–H and O–H groups in total. The Kier molecular flexibility index (Phi) is 17.2. The third-order valence-corrected chi connectivity index (χ3v) is 18.2. The van der Waals surface area contributed by atoms with Gasteiger partial charge >= 0.3 is 0 Å². The van der Waals surface area contributed by atoms with Gasteiger partial charge in [0, 0.05) is 76.1 Å². The maximum Gasteiger partial charge on any atom is 0.164 e. The zero-order valence-electron chi connectivity index (χ0n) is 53.6. The Bertz CT molecular complexity index is 5610. The second-order valence-electron chi connectivity index (χ2n) is 24.0. The lowest BCUT2D eigenvalue weighted by atomic mass is 9.99. The number of hydrogen-bond donors (Lipinski definition) is 1. The quantitative estimate of drug-likeness (QED) is 0.139. The molecular formula is C90H61BrN8. The summed E-state index contributed by atoms with van der Waals surface area (Å²) >= 11 is 3.51. The van der Waals surface area contributed by atoms with E-state index in [9.17, 15) is 0 Å². The van der Waals surface area contributed by atoms with E-state index in [1.54, 1.807) is 0 Å². The summed E-state index contributed by atoms with van der Waals surface area (Å²) in [6.07, 6.45) is 0. The summed E-state index contributed by atoms with van der Waals surface area (Å²) in [5.41, 5.74) is 21.0. The maximum atomic E-state index is 4.92. The van der Waals surface area contributed by atoms with E-state index in [4.69, 9.17) is 29.9 Å². The normalized spacial score (nSPS) is 11.1. The second-order valence-corrected chi connectivity index (χ2v) is 24.9. The predicted octanol–water partition coefficient (Wildman–Crippen LogP) is 23.6. The third-order valence-electron chi connectivity index (χ3n) is 17.7. The molecule has 0 aliphatic heterocycles. The Morgan fingerprint density at radius 2 is 0.455 bits per heavy atom. The number of nitrogens with zero attached hydrogens (tertiary/aromatic N) is 7. The summed E-state index contributed by atoms with van der Waals surface area (Å²) < 4.78 is 3.43. The number of aromatic nitrogens is 8. The molecule has 14 aromatic carbocycles. The maximum absolute atomic E-state index is 4.92. The van der Waals surface area contributed by atoms with Crippen LogP contribution in [0.1, 0.15) is 0 Å². The predicted molar refractivity (Wildman–Crippen MR) is 412 cm³/mol. The van der Waals surface area contributed by atoms with Gasteiger partial charge in [0.05, 0.1) is 11.0 Å². The fourth-order valence-electron chi connectivity index (χ4n) is 12.7. The van der Waals surface area contributed by atoms with Gasteiger partial charge < -0.3 is 9.55 Å². The number of para-hydroxylation sites is 4. The molecule has 0 aliphatic carbocycles. The number of hydrogen-bond acceptors (Lipinski definition) is 6. The summed E-state index contributed by atoms with van der Waals surface area (Å²) in [6.45, 7) is 0. The molecule has 468 valence electrons. The van der Waals surface area contributed by atoms with Gasteiger partial charge in [-0.1, -0.05) is 319 Å². The molecule has 0 aliphatic rings. The molecule has 0 spiro atoms. The van der Waals surface area contributed by atoms with Crippen LogP contribution >= 0.6 is 15.9 Å². The van der Waals surface area contributed by atoms with Gasteiger partial charge in [0.15, 0.2) is 34.9 Å². The summed E-state index contributed by atoms with van der Waals surface area (Å²) in [6, 6.07) is 126. The standard InChI is InChI=1S/C45H30N4.C33H22BrN3.C12H9N/c1-3-12-34(13-4-1)43-46-44(35-14-5-2-6-15-35)48-45(47-43)37-17-11-16-36(30-37)33-24-22-31(23-25-33)32-26-28-38(29-27-32)49-41-20-9-7-18-39(41)40-19-8-10-21-42(40)49;34-30-20-18-24(19-21-30)23-14-16-25(17-15-23)28-12-7-13-29(22-28)33-36-31(26-8-3-1-4-9-26)35-32(37-33)27-10-5-2-6-11-27;1-3-7-11-9(5-1)10-6-2-4-8-12(10)13-11/h1-30H;1-22H;1-8,13H. The van der Waals surface area contributed by atoms with Gasteiger partial charge in [0.2, 0.25) is 0 Å². The van der Waals surface area contributed by atoms with Crippen LogP contribution in [0.15, 0.2) is 368 Å². The van der Waals surface area contributed by atoms with E-state index in [1.165, 1.54) is 65.9 Å². The van der Waals surface area contributed by atoms with Crippen molar-refractivity contribution in [2.24, 2.45) is 0 Å². The number of H-pyrrole nitrogens is 1. The van der Waals surface area contributed by atoms with Crippen molar-refractivity contribution in [2.45, 2.75) is 0 Å². The molecule has 0 bridgehead atoms. The lowest BCUT2D eigenvalue weighted by Crippen LogP contribution is -2.00. The first-order chi connectivity index (χ1) is 49.0. The SMILES string of the molecule is Brc1ccc(-c2ccc(-c3cccc(-c4nc(-c5ccccc5)nc(-c5ccccc5)n4)c3)cc2)cc1.c1ccc(-c2nc(-c3ccccc3)nc(-c3cccc(-c4ccc(-c5ccc(-n6c7ccccc7c7ccccc76)cc5)cc4)c3)n2)cc1.c1ccc2c(c1)[nH]c1ccccc12. The lowest BCUT2D eigenvalue weighted by molar-refractivity contribution is 1.07. The summed E-state index contributed by atoms with van der Waals surface area (Å²) in [7, 11) is 0. The minimum Gasteiger partial charge on any atom is -0.355 e. The summed E-state index contributed by atoms with van der Waals surface area (Å²) in [5.74, 6) is 3.93. The molecule has 4 aromatic heterocycles. The van der Waals surface area contributed by atoms with Crippen molar-refractivity contribution in [3.63, 3.8) is 0 Å². The van der Waals surface area contributed by atoms with Gasteiger partial charge in [-0.2, -0.15) is 0 Å². The molecule has 18 aromatic rings. The topological polar surface area (TPSA) is 98.1 Å². The Labute approximate surface area is 582 Å². The van der Waals surface area contributed by atoms with Crippen LogP contribution in [-0.2, 0) is 0 Å². The number of aromatic amines is 1. The van der Waals surface area contributed by atoms with Crippen molar-refractivity contribution in [3.8, 4) is 119 Å². The average Bonchev–Trinajstić information content (AvgIpc) is 1.62. The number of fused-ring (bicyclic) bond motifs is 6. The van der Waals surface area contributed by atoms with Crippen LogP contribution in [0.25, 0.3) is 162 Å². The highest BCUT2D eigenvalue weighted by molar-refractivity contribution is 9.10. The van der Waals surface area contributed by atoms with Gasteiger partial charge in [-0.25, -0.2) is 29.9 Å². The molecule has 18 rings (SSSR count). The molecule has 0 amide bonds. The van der Waals surface area contributed by atoms with Crippen LogP contribution in [0.5, 0.6) is 0 Å². The number of halogens is 1. The van der Waals surface area contributed by atoms with Crippen molar-refractivity contribution in [3.05, 3.63) is 368 Å². The first-order valence-electron chi connectivity index (χ1n) is 32.9. The molecule has 8 nitrogen and oxygen atoms in total. The molecule has 0 saturated heterocycles. The summed E-state index contributed by atoms with van der Waals surface area (Å²) in [5, 5.41) is 5.15. The average molecular weight is 1330 g/mol. The van der Waals surface area contributed by atoms with E-state index >= 15 is 0 Å². The minimum absolute atomic E-state index is 0.648. The highest BCUT2D eigenvalue weighted by Crippen LogP contribution is 2.36. The van der Waals surface area contributed by atoms with Gasteiger partial charge in [0.1, 0.15) is 0 Å². The van der Waals surface area contributed by atoms with Crippen molar-refractivity contribution in [1.29, 1.82) is 0 Å². The van der Waals surface area contributed by atoms with E-state index < -0.39 is 0 Å². The van der Waals surface area contributed by atoms with Crippen molar-refractivity contribution < 1.29 is 0 Å². The van der Waals surface area contributed by atoms with Crippen LogP contribution in [0.3, 0.4) is 0 Å². The van der Waals surface area contributed by atoms with Crippen molar-refractivity contribution >= 4 is 59.5 Å². The molecule has 99 heavy (non-hydrogen) atoms. The summed E-state index contributed by atoms with van der Waals surface area (Å²) in [4.78, 5) is 32.6. The first-order valence-corrected chi connectivity index (χ1v) is 33.7. The van der Waals surface area contributed by atoms with Crippen molar-refractivity contribution in [2.75, 3.05) is 0 Å². The zero-order valence-corrected chi connectivity index (χ0v) is 55.2. The number of nitrogens with one attached hydrogen (secondary N) is 1. The van der Waals surface area contributed by atoms with Gasteiger partial charge in [0.25, 0.3) is 0 Å². The Morgan fingerprint density at radius 3 is 0.808 bits per heavy atom. The van der Waals surface area contributed by atoms with E-state index in [-0.39, 0.29) is 0 Å². The second kappa shape index (κ2) is 27.9. The van der Waals surface area contributed by atoms with Crippen LogP contribution < -0.4 is 0 Å². The van der Waals surface area contributed by atoms with Crippen LogP contribution in [0, 0.1) is 0 Å². The largest absolute Gasteiger partial charge is 0.355 e. The molecule has 9 heteroatoms. The minimum atomic E-state index is 0.648. The highest BCUT2D eigenvalue weighted by atomic mass is 79.9. The zero-order chi connectivity index (χ0) is 66.3.